The minimum Gasteiger partial charge on any atom is -0.354 e. The Balaban J connectivity index is 1.64. The lowest BCUT2D eigenvalue weighted by molar-refractivity contribution is -0.134. The van der Waals surface area contributed by atoms with Gasteiger partial charge in [0.15, 0.2) is 0 Å². The number of nitriles is 1. The fraction of sp³-hybridized carbons (Fsp3) is 0.318. The molecule has 1 aromatic carbocycles. The predicted octanol–water partition coefficient (Wildman–Crippen LogP) is 2.29. The molecule has 1 aliphatic heterocycles. The van der Waals surface area contributed by atoms with Gasteiger partial charge in [-0.05, 0) is 36.1 Å². The van der Waals surface area contributed by atoms with Crippen molar-refractivity contribution in [3.63, 3.8) is 0 Å². The van der Waals surface area contributed by atoms with Gasteiger partial charge in [-0.15, -0.1) is 0 Å². The number of hydrogen-bond donors (Lipinski definition) is 1. The van der Waals surface area contributed by atoms with Crippen molar-refractivity contribution in [3.8, 4) is 6.07 Å². The van der Waals surface area contributed by atoms with Crippen molar-refractivity contribution in [1.82, 2.24) is 19.4 Å². The molecule has 3 aromatic rings. The third-order valence-electron chi connectivity index (χ3n) is 5.46. The van der Waals surface area contributed by atoms with Crippen LogP contribution < -0.4 is 5.32 Å². The SMILES string of the molecule is N#Cc1cccn1CCC(C(=O)N1CCNC(=O)CC1)n1ccc2ccccc21. The largest absolute Gasteiger partial charge is 0.354 e. The van der Waals surface area contributed by atoms with E-state index in [4.69, 9.17) is 0 Å². The van der Waals surface area contributed by atoms with Crippen molar-refractivity contribution in [2.75, 3.05) is 19.6 Å². The molecule has 0 radical (unpaired) electrons. The molecular formula is C22H23N5O2. The van der Waals surface area contributed by atoms with Gasteiger partial charge in [0.2, 0.25) is 11.8 Å². The van der Waals surface area contributed by atoms with Crippen LogP contribution in [0, 0.1) is 11.3 Å². The Morgan fingerprint density at radius 1 is 1.14 bits per heavy atom. The molecule has 1 saturated heterocycles. The number of carbonyl (C=O) groups is 2. The topological polar surface area (TPSA) is 83.1 Å². The number of hydrogen-bond acceptors (Lipinski definition) is 3. The summed E-state index contributed by atoms with van der Waals surface area (Å²) in [6, 6.07) is 15.4. The number of fused-ring (bicyclic) bond motifs is 1. The maximum atomic E-state index is 13.5. The van der Waals surface area contributed by atoms with E-state index in [2.05, 4.69) is 11.4 Å². The predicted molar refractivity (Wildman–Crippen MR) is 109 cm³/mol. The lowest BCUT2D eigenvalue weighted by Gasteiger charge is -2.27. The Morgan fingerprint density at radius 2 is 2.00 bits per heavy atom. The highest BCUT2D eigenvalue weighted by Crippen LogP contribution is 2.25. The van der Waals surface area contributed by atoms with Crippen LogP contribution >= 0.6 is 0 Å². The molecule has 7 nitrogen and oxygen atoms in total. The van der Waals surface area contributed by atoms with Crippen LogP contribution in [0.4, 0.5) is 0 Å². The standard InChI is InChI=1S/C22H23N5O2/c23-16-18-5-3-11-25(18)12-8-20(22(29)26-13-9-21(28)24-10-15-26)27-14-7-17-4-1-2-6-19(17)27/h1-7,11,14,20H,8-10,12-13,15H2,(H,24,28). The van der Waals surface area contributed by atoms with Gasteiger partial charge in [-0.3, -0.25) is 9.59 Å². The fourth-order valence-corrected chi connectivity index (χ4v) is 3.93. The number of nitrogens with zero attached hydrogens (tertiary/aromatic N) is 4. The molecular weight excluding hydrogens is 366 g/mol. The first-order valence-electron chi connectivity index (χ1n) is 9.83. The zero-order valence-corrected chi connectivity index (χ0v) is 16.1. The van der Waals surface area contributed by atoms with Gasteiger partial charge in [0, 0.05) is 50.5 Å². The molecule has 3 heterocycles. The first-order valence-corrected chi connectivity index (χ1v) is 9.83. The lowest BCUT2D eigenvalue weighted by Crippen LogP contribution is -2.39. The van der Waals surface area contributed by atoms with E-state index in [0.717, 1.165) is 10.9 Å². The molecule has 1 atom stereocenters. The van der Waals surface area contributed by atoms with Gasteiger partial charge in [-0.2, -0.15) is 5.26 Å². The summed E-state index contributed by atoms with van der Waals surface area (Å²) in [6.45, 7) is 1.96. The second-order valence-corrected chi connectivity index (χ2v) is 7.21. The molecule has 29 heavy (non-hydrogen) atoms. The van der Waals surface area contributed by atoms with Crippen LogP contribution in [0.15, 0.2) is 54.9 Å². The highest BCUT2D eigenvalue weighted by Gasteiger charge is 2.28. The molecule has 1 fully saturated rings. The van der Waals surface area contributed by atoms with Gasteiger partial charge in [0.05, 0.1) is 0 Å². The van der Waals surface area contributed by atoms with Crippen LogP contribution in [0.5, 0.6) is 0 Å². The smallest absolute Gasteiger partial charge is 0.245 e. The van der Waals surface area contributed by atoms with Crippen LogP contribution in [0.2, 0.25) is 0 Å². The van der Waals surface area contributed by atoms with Crippen LogP contribution in [0.3, 0.4) is 0 Å². The number of aryl methyl sites for hydroxylation is 1. The molecule has 0 saturated carbocycles. The summed E-state index contributed by atoms with van der Waals surface area (Å²) in [5.74, 6) is -0.0113. The van der Waals surface area contributed by atoms with Gasteiger partial charge < -0.3 is 19.4 Å². The minimum absolute atomic E-state index is 0.00789. The Kier molecular flexibility index (Phi) is 5.34. The van der Waals surface area contributed by atoms with Gasteiger partial charge in [0.1, 0.15) is 17.8 Å². The zero-order chi connectivity index (χ0) is 20.2. The molecule has 1 aliphatic rings. The monoisotopic (exact) mass is 389 g/mol. The Morgan fingerprint density at radius 3 is 2.86 bits per heavy atom. The van der Waals surface area contributed by atoms with E-state index in [9.17, 15) is 14.9 Å². The van der Waals surface area contributed by atoms with Crippen molar-refractivity contribution in [1.29, 1.82) is 5.26 Å². The number of para-hydroxylation sites is 1. The maximum absolute atomic E-state index is 13.5. The van der Waals surface area contributed by atoms with E-state index in [0.29, 0.717) is 44.7 Å². The van der Waals surface area contributed by atoms with Crippen molar-refractivity contribution in [2.24, 2.45) is 0 Å². The van der Waals surface area contributed by atoms with Crippen molar-refractivity contribution in [2.45, 2.75) is 25.4 Å². The highest BCUT2D eigenvalue weighted by atomic mass is 16.2. The third kappa shape index (κ3) is 3.87. The van der Waals surface area contributed by atoms with E-state index in [1.807, 2.05) is 57.9 Å². The van der Waals surface area contributed by atoms with Crippen LogP contribution in [0.1, 0.15) is 24.6 Å². The molecule has 1 N–H and O–H groups in total. The summed E-state index contributed by atoms with van der Waals surface area (Å²) in [6.07, 6.45) is 4.69. The lowest BCUT2D eigenvalue weighted by atomic mass is 10.1. The number of rotatable bonds is 5. The molecule has 0 aliphatic carbocycles. The van der Waals surface area contributed by atoms with E-state index in [1.165, 1.54) is 0 Å². The number of benzene rings is 1. The highest BCUT2D eigenvalue weighted by molar-refractivity contribution is 5.86. The van der Waals surface area contributed by atoms with Crippen LogP contribution in [-0.2, 0) is 16.1 Å². The first kappa shape index (κ1) is 18.8. The van der Waals surface area contributed by atoms with Crippen LogP contribution in [-0.4, -0.2) is 45.5 Å². The third-order valence-corrected chi connectivity index (χ3v) is 5.46. The average molecular weight is 389 g/mol. The molecule has 148 valence electrons. The molecule has 2 aromatic heterocycles. The van der Waals surface area contributed by atoms with Gasteiger partial charge in [-0.1, -0.05) is 18.2 Å². The van der Waals surface area contributed by atoms with Gasteiger partial charge in [0.25, 0.3) is 0 Å². The molecule has 0 bridgehead atoms. The van der Waals surface area contributed by atoms with E-state index >= 15 is 0 Å². The fourth-order valence-electron chi connectivity index (χ4n) is 3.93. The minimum atomic E-state index is -0.406. The number of nitrogens with one attached hydrogen (secondary N) is 1. The second-order valence-electron chi connectivity index (χ2n) is 7.21. The molecule has 0 spiro atoms. The molecule has 1 unspecified atom stereocenters. The molecule has 7 heteroatoms. The molecule has 2 amide bonds. The number of carbonyl (C=O) groups excluding carboxylic acids is 2. The van der Waals surface area contributed by atoms with E-state index < -0.39 is 6.04 Å². The number of aromatic nitrogens is 2. The first-order chi connectivity index (χ1) is 14.2. The van der Waals surface area contributed by atoms with Crippen LogP contribution in [0.25, 0.3) is 10.9 Å². The van der Waals surface area contributed by atoms with E-state index in [1.54, 1.807) is 11.0 Å². The van der Waals surface area contributed by atoms with Gasteiger partial charge >= 0.3 is 0 Å². The van der Waals surface area contributed by atoms with Crippen molar-refractivity contribution >= 4 is 22.7 Å². The summed E-state index contributed by atoms with van der Waals surface area (Å²) in [4.78, 5) is 27.0. The quantitative estimate of drug-likeness (QED) is 0.727. The molecule has 4 rings (SSSR count). The zero-order valence-electron chi connectivity index (χ0n) is 16.1. The Hall–Kier alpha value is -3.53. The second kappa shape index (κ2) is 8.23. The Labute approximate surface area is 169 Å². The Bertz CT molecular complexity index is 1070. The maximum Gasteiger partial charge on any atom is 0.245 e. The van der Waals surface area contributed by atoms with E-state index in [-0.39, 0.29) is 11.8 Å². The summed E-state index contributed by atoms with van der Waals surface area (Å²) in [7, 11) is 0. The van der Waals surface area contributed by atoms with Crippen molar-refractivity contribution in [3.05, 3.63) is 60.6 Å². The summed E-state index contributed by atoms with van der Waals surface area (Å²) < 4.78 is 3.90. The summed E-state index contributed by atoms with van der Waals surface area (Å²) >= 11 is 0. The normalized spacial score (nSPS) is 15.6. The number of amides is 2. The van der Waals surface area contributed by atoms with Crippen molar-refractivity contribution < 1.29 is 9.59 Å². The summed E-state index contributed by atoms with van der Waals surface area (Å²) in [5.41, 5.74) is 1.58. The van der Waals surface area contributed by atoms with Gasteiger partial charge in [-0.25, -0.2) is 0 Å². The average Bonchev–Trinajstić information content (AvgIpc) is 3.31. The summed E-state index contributed by atoms with van der Waals surface area (Å²) in [5, 5.41) is 13.2.